The zero-order valence-electron chi connectivity index (χ0n) is 20.9. The molecule has 2 atom stereocenters. The van der Waals surface area contributed by atoms with Gasteiger partial charge in [0.25, 0.3) is 5.89 Å². The number of aromatic amines is 2. The van der Waals surface area contributed by atoms with E-state index in [4.69, 9.17) is 13.9 Å². The van der Waals surface area contributed by atoms with Crippen molar-refractivity contribution >= 4 is 10.9 Å². The molecular formula is C26H22FN9O3. The van der Waals surface area contributed by atoms with Crippen LogP contribution in [0.4, 0.5) is 4.39 Å². The third-order valence-corrected chi connectivity index (χ3v) is 6.99. The maximum atomic E-state index is 13.4. The van der Waals surface area contributed by atoms with E-state index in [1.807, 2.05) is 24.3 Å². The van der Waals surface area contributed by atoms with Crippen LogP contribution >= 0.6 is 0 Å². The van der Waals surface area contributed by atoms with Crippen LogP contribution in [-0.4, -0.2) is 39.9 Å². The van der Waals surface area contributed by atoms with Crippen molar-refractivity contribution in [2.75, 3.05) is 0 Å². The molecule has 1 aromatic carbocycles. The van der Waals surface area contributed by atoms with Gasteiger partial charge in [-0.1, -0.05) is 23.4 Å². The number of aryl methyl sites for hydroxylation is 2. The second kappa shape index (κ2) is 8.56. The smallest absolute Gasteiger partial charge is 0.389 e. The molecule has 196 valence electrons. The van der Waals surface area contributed by atoms with Gasteiger partial charge in [-0.15, -0.1) is 5.10 Å². The molecule has 0 spiro atoms. The standard InChI is InChI=1S/C26H22FN9O3/c1-3-36-25(37)38-24(34-36)26(23-30-13(2)39-35-23)21-16(15-6-4-5-7-17(15)31-21)10-19(33-26)22-29-12-20(32-22)18-9-8-14(27)11-28-18/h4-9,11-12,19,31,33H,3,10H2,1-2H3,(H,29,32). The normalized spacial score (nSPS) is 19.0. The molecular weight excluding hydrogens is 505 g/mol. The van der Waals surface area contributed by atoms with Crippen molar-refractivity contribution < 1.29 is 13.3 Å². The molecule has 3 N–H and O–H groups in total. The molecule has 2 unspecified atom stereocenters. The van der Waals surface area contributed by atoms with Gasteiger partial charge in [0.15, 0.2) is 0 Å². The second-order valence-electron chi connectivity index (χ2n) is 9.33. The van der Waals surface area contributed by atoms with Crippen LogP contribution < -0.4 is 11.1 Å². The monoisotopic (exact) mass is 527 g/mol. The first-order chi connectivity index (χ1) is 19.0. The quantitative estimate of drug-likeness (QED) is 0.306. The summed E-state index contributed by atoms with van der Waals surface area (Å²) in [6.07, 6.45) is 3.39. The first-order valence-corrected chi connectivity index (χ1v) is 12.4. The van der Waals surface area contributed by atoms with Gasteiger partial charge < -0.3 is 18.9 Å². The fraction of sp³-hybridized carbons (Fsp3) is 0.231. The Labute approximate surface area is 219 Å². The van der Waals surface area contributed by atoms with Crippen molar-refractivity contribution in [2.45, 2.75) is 38.4 Å². The second-order valence-corrected chi connectivity index (χ2v) is 9.33. The largest absolute Gasteiger partial charge is 0.437 e. The van der Waals surface area contributed by atoms with Crippen molar-refractivity contribution in [3.8, 4) is 11.4 Å². The average Bonchev–Trinajstić information content (AvgIpc) is 3.74. The van der Waals surface area contributed by atoms with E-state index in [2.05, 4.69) is 35.5 Å². The van der Waals surface area contributed by atoms with E-state index in [0.717, 1.165) is 22.7 Å². The third kappa shape index (κ3) is 3.54. The number of halogens is 1. The lowest BCUT2D eigenvalue weighted by molar-refractivity contribution is 0.264. The predicted octanol–water partition coefficient (Wildman–Crippen LogP) is 3.13. The number of benzene rings is 1. The Morgan fingerprint density at radius 3 is 2.79 bits per heavy atom. The van der Waals surface area contributed by atoms with Gasteiger partial charge in [0.2, 0.25) is 17.3 Å². The molecule has 0 fully saturated rings. The summed E-state index contributed by atoms with van der Waals surface area (Å²) in [7, 11) is 0. The Hall–Kier alpha value is -4.91. The molecule has 0 bridgehead atoms. The number of H-pyrrole nitrogens is 2. The van der Waals surface area contributed by atoms with Crippen LogP contribution in [-0.2, 0) is 18.5 Å². The Balaban J connectivity index is 1.46. The number of para-hydroxylation sites is 1. The minimum atomic E-state index is -1.41. The Kier molecular flexibility index (Phi) is 5.10. The Morgan fingerprint density at radius 2 is 2.05 bits per heavy atom. The summed E-state index contributed by atoms with van der Waals surface area (Å²) in [6, 6.07) is 10.4. The maximum Gasteiger partial charge on any atom is 0.437 e. The summed E-state index contributed by atoms with van der Waals surface area (Å²) < 4.78 is 25.8. The first-order valence-electron chi connectivity index (χ1n) is 12.4. The van der Waals surface area contributed by atoms with E-state index in [-0.39, 0.29) is 11.7 Å². The van der Waals surface area contributed by atoms with E-state index >= 15 is 0 Å². The molecule has 0 aliphatic carbocycles. The third-order valence-electron chi connectivity index (χ3n) is 6.99. The highest BCUT2D eigenvalue weighted by atomic mass is 19.1. The summed E-state index contributed by atoms with van der Waals surface area (Å²) in [5.41, 5.74) is 2.22. The van der Waals surface area contributed by atoms with Gasteiger partial charge in [-0.3, -0.25) is 10.3 Å². The van der Waals surface area contributed by atoms with E-state index in [0.29, 0.717) is 41.8 Å². The van der Waals surface area contributed by atoms with Gasteiger partial charge in [-0.2, -0.15) is 9.67 Å². The zero-order chi connectivity index (χ0) is 26.7. The number of pyridine rings is 1. The average molecular weight is 528 g/mol. The lowest BCUT2D eigenvalue weighted by Gasteiger charge is -2.37. The minimum absolute atomic E-state index is 0.0691. The molecule has 39 heavy (non-hydrogen) atoms. The minimum Gasteiger partial charge on any atom is -0.389 e. The number of aromatic nitrogens is 8. The van der Waals surface area contributed by atoms with E-state index < -0.39 is 23.2 Å². The fourth-order valence-corrected chi connectivity index (χ4v) is 5.21. The molecule has 6 heterocycles. The van der Waals surface area contributed by atoms with E-state index in [9.17, 15) is 9.18 Å². The van der Waals surface area contributed by atoms with Crippen molar-refractivity contribution in [1.82, 2.24) is 45.2 Å². The number of imidazole rings is 1. The van der Waals surface area contributed by atoms with Crippen molar-refractivity contribution in [1.29, 1.82) is 0 Å². The topological polar surface area (TPSA) is 156 Å². The van der Waals surface area contributed by atoms with Gasteiger partial charge >= 0.3 is 5.76 Å². The number of fused-ring (bicyclic) bond motifs is 3. The van der Waals surface area contributed by atoms with E-state index in [1.165, 1.54) is 10.7 Å². The van der Waals surface area contributed by atoms with Crippen molar-refractivity contribution in [3.63, 3.8) is 0 Å². The number of nitrogens with one attached hydrogen (secondary N) is 3. The van der Waals surface area contributed by atoms with Gasteiger partial charge in [-0.25, -0.2) is 14.2 Å². The molecule has 1 aliphatic heterocycles. The van der Waals surface area contributed by atoms with Gasteiger partial charge in [0, 0.05) is 30.6 Å². The highest BCUT2D eigenvalue weighted by molar-refractivity contribution is 5.86. The fourth-order valence-electron chi connectivity index (χ4n) is 5.21. The van der Waals surface area contributed by atoms with Crippen molar-refractivity contribution in [3.05, 3.63) is 99.8 Å². The summed E-state index contributed by atoms with van der Waals surface area (Å²) in [5.74, 6) is 0.202. The number of hydrogen-bond acceptors (Lipinski definition) is 9. The number of rotatable bonds is 5. The highest BCUT2D eigenvalue weighted by Gasteiger charge is 2.53. The lowest BCUT2D eigenvalue weighted by Crippen LogP contribution is -2.52. The maximum absolute atomic E-state index is 13.4. The van der Waals surface area contributed by atoms with E-state index in [1.54, 1.807) is 26.1 Å². The summed E-state index contributed by atoms with van der Waals surface area (Å²) in [5, 5.41) is 13.4. The SMILES string of the molecule is CCn1nc(C2(c3noc(C)n3)NC(c3nc(-c4ccc(F)cn4)c[nH]3)Cc3c2[nH]c2ccccc32)oc1=O. The van der Waals surface area contributed by atoms with Crippen LogP contribution in [0.5, 0.6) is 0 Å². The van der Waals surface area contributed by atoms with Crippen LogP contribution in [0.1, 0.15) is 47.7 Å². The molecule has 7 rings (SSSR count). The van der Waals surface area contributed by atoms with Gasteiger partial charge in [0.1, 0.15) is 17.3 Å². The lowest BCUT2D eigenvalue weighted by atomic mass is 9.82. The number of hydrogen-bond donors (Lipinski definition) is 3. The Morgan fingerprint density at radius 1 is 1.18 bits per heavy atom. The zero-order valence-corrected chi connectivity index (χ0v) is 20.9. The van der Waals surface area contributed by atoms with Crippen LogP contribution in [0.25, 0.3) is 22.3 Å². The summed E-state index contributed by atoms with van der Waals surface area (Å²) in [4.78, 5) is 32.9. The molecule has 1 aliphatic rings. The predicted molar refractivity (Wildman–Crippen MR) is 135 cm³/mol. The molecule has 5 aromatic heterocycles. The molecule has 0 amide bonds. The molecule has 6 aromatic rings. The van der Waals surface area contributed by atoms with Crippen molar-refractivity contribution in [2.24, 2.45) is 0 Å². The molecule has 0 saturated carbocycles. The van der Waals surface area contributed by atoms with Gasteiger partial charge in [0.05, 0.1) is 23.6 Å². The van der Waals surface area contributed by atoms with Gasteiger partial charge in [-0.05, 0) is 37.1 Å². The van der Waals surface area contributed by atoms with Crippen LogP contribution in [0.15, 0.2) is 62.5 Å². The first kappa shape index (κ1) is 23.2. The molecule has 13 heteroatoms. The number of nitrogens with zero attached hydrogens (tertiary/aromatic N) is 6. The summed E-state index contributed by atoms with van der Waals surface area (Å²) >= 11 is 0. The van der Waals surface area contributed by atoms with Crippen LogP contribution in [0.2, 0.25) is 0 Å². The molecule has 12 nitrogen and oxygen atoms in total. The Bertz CT molecular complexity index is 1880. The summed E-state index contributed by atoms with van der Waals surface area (Å²) in [6.45, 7) is 3.81. The van der Waals surface area contributed by atoms with Crippen LogP contribution in [0, 0.1) is 12.7 Å². The highest BCUT2D eigenvalue weighted by Crippen LogP contribution is 2.45. The molecule has 0 radical (unpaired) electrons. The van der Waals surface area contributed by atoms with Crippen LogP contribution in [0.3, 0.4) is 0 Å². The molecule has 0 saturated heterocycles.